The second kappa shape index (κ2) is 5.68. The predicted octanol–water partition coefficient (Wildman–Crippen LogP) is 0.877. The van der Waals surface area contributed by atoms with Gasteiger partial charge in [0.25, 0.3) is 0 Å². The van der Waals surface area contributed by atoms with Crippen LogP contribution in [0.15, 0.2) is 0 Å². The minimum atomic E-state index is 0.175. The van der Waals surface area contributed by atoms with Crippen molar-refractivity contribution in [2.24, 2.45) is 0 Å². The standard InChI is InChI=1S/C15H29N3O/c1-16-7-3-14(4-8-16)18-11-12-19-15(13-18)5-9-17(2)10-6-15/h14H,3-13H2,1-2H3. The van der Waals surface area contributed by atoms with Crippen LogP contribution in [0.4, 0.5) is 0 Å². The van der Waals surface area contributed by atoms with E-state index < -0.39 is 0 Å². The van der Waals surface area contributed by atoms with Crippen molar-refractivity contribution in [2.75, 3.05) is 60.0 Å². The highest BCUT2D eigenvalue weighted by Gasteiger charge is 2.40. The molecule has 0 amide bonds. The average Bonchev–Trinajstić information content (AvgIpc) is 2.44. The molecule has 0 aromatic rings. The maximum Gasteiger partial charge on any atom is 0.0833 e. The minimum Gasteiger partial charge on any atom is -0.372 e. The van der Waals surface area contributed by atoms with Crippen LogP contribution < -0.4 is 0 Å². The first kappa shape index (κ1) is 13.8. The Kier molecular flexibility index (Phi) is 4.13. The lowest BCUT2D eigenvalue weighted by Gasteiger charge is -2.49. The number of likely N-dealkylation sites (tertiary alicyclic amines) is 2. The van der Waals surface area contributed by atoms with E-state index in [2.05, 4.69) is 28.8 Å². The summed E-state index contributed by atoms with van der Waals surface area (Å²) < 4.78 is 6.22. The molecule has 3 aliphatic rings. The monoisotopic (exact) mass is 267 g/mol. The van der Waals surface area contributed by atoms with Crippen LogP contribution in [0.1, 0.15) is 25.7 Å². The van der Waals surface area contributed by atoms with Crippen LogP contribution in [0.5, 0.6) is 0 Å². The van der Waals surface area contributed by atoms with E-state index in [9.17, 15) is 0 Å². The van der Waals surface area contributed by atoms with E-state index in [0.29, 0.717) is 0 Å². The highest BCUT2D eigenvalue weighted by molar-refractivity contribution is 4.94. The van der Waals surface area contributed by atoms with Crippen LogP contribution in [-0.2, 0) is 4.74 Å². The molecule has 3 heterocycles. The molecule has 0 aliphatic carbocycles. The highest BCUT2D eigenvalue weighted by atomic mass is 16.5. The summed E-state index contributed by atoms with van der Waals surface area (Å²) in [4.78, 5) is 7.63. The summed E-state index contributed by atoms with van der Waals surface area (Å²) in [6.45, 7) is 8.18. The number of rotatable bonds is 1. The molecule has 3 fully saturated rings. The van der Waals surface area contributed by atoms with Gasteiger partial charge in [-0.15, -0.1) is 0 Å². The van der Waals surface area contributed by atoms with Gasteiger partial charge in [0.1, 0.15) is 0 Å². The van der Waals surface area contributed by atoms with Crippen LogP contribution in [-0.4, -0.2) is 86.3 Å². The molecule has 4 heteroatoms. The molecule has 0 N–H and O–H groups in total. The van der Waals surface area contributed by atoms with E-state index >= 15 is 0 Å². The maximum atomic E-state index is 6.22. The molecule has 110 valence electrons. The molecule has 19 heavy (non-hydrogen) atoms. The maximum absolute atomic E-state index is 6.22. The molecule has 0 saturated carbocycles. The lowest BCUT2D eigenvalue weighted by atomic mass is 9.88. The third kappa shape index (κ3) is 3.13. The SMILES string of the molecule is CN1CCC(N2CCOC3(CCN(C)CC3)C2)CC1. The van der Waals surface area contributed by atoms with Gasteiger partial charge in [-0.25, -0.2) is 0 Å². The number of piperidine rings is 2. The van der Waals surface area contributed by atoms with E-state index in [-0.39, 0.29) is 5.60 Å². The van der Waals surface area contributed by atoms with Crippen molar-refractivity contribution in [3.05, 3.63) is 0 Å². The van der Waals surface area contributed by atoms with Gasteiger partial charge in [-0.05, 0) is 52.9 Å². The van der Waals surface area contributed by atoms with Crippen LogP contribution >= 0.6 is 0 Å². The number of hydrogen-bond acceptors (Lipinski definition) is 4. The molecular formula is C15H29N3O. The second-order valence-corrected chi connectivity index (χ2v) is 6.84. The Morgan fingerprint density at radius 1 is 0.895 bits per heavy atom. The number of ether oxygens (including phenoxy) is 1. The van der Waals surface area contributed by atoms with Crippen LogP contribution in [0.2, 0.25) is 0 Å². The van der Waals surface area contributed by atoms with Gasteiger partial charge in [-0.3, -0.25) is 4.90 Å². The van der Waals surface area contributed by atoms with E-state index in [1.54, 1.807) is 0 Å². The molecule has 3 aliphatic heterocycles. The summed E-state index contributed by atoms with van der Waals surface area (Å²) in [5.74, 6) is 0. The lowest BCUT2D eigenvalue weighted by Crippen LogP contribution is -2.59. The van der Waals surface area contributed by atoms with Crippen molar-refractivity contribution >= 4 is 0 Å². The number of nitrogens with zero attached hydrogens (tertiary/aromatic N) is 3. The molecule has 0 aromatic heterocycles. The van der Waals surface area contributed by atoms with Crippen molar-refractivity contribution < 1.29 is 4.74 Å². The van der Waals surface area contributed by atoms with Gasteiger partial charge in [0.2, 0.25) is 0 Å². The van der Waals surface area contributed by atoms with E-state index in [0.717, 1.165) is 19.2 Å². The molecule has 0 atom stereocenters. The Labute approximate surface area is 117 Å². The van der Waals surface area contributed by atoms with E-state index in [1.807, 2.05) is 0 Å². The first-order chi connectivity index (χ1) is 9.17. The zero-order chi connectivity index (χ0) is 13.3. The summed E-state index contributed by atoms with van der Waals surface area (Å²) in [5, 5.41) is 0. The summed E-state index contributed by atoms with van der Waals surface area (Å²) in [5.41, 5.74) is 0.175. The Morgan fingerprint density at radius 3 is 2.21 bits per heavy atom. The van der Waals surface area contributed by atoms with E-state index in [1.165, 1.54) is 58.4 Å². The fourth-order valence-corrected chi connectivity index (χ4v) is 3.87. The van der Waals surface area contributed by atoms with Crippen molar-refractivity contribution in [3.8, 4) is 0 Å². The summed E-state index contributed by atoms with van der Waals surface area (Å²) in [6.07, 6.45) is 5.11. The molecular weight excluding hydrogens is 238 g/mol. The first-order valence-electron chi connectivity index (χ1n) is 7.92. The summed E-state index contributed by atoms with van der Waals surface area (Å²) in [6, 6.07) is 0.802. The van der Waals surface area contributed by atoms with Crippen LogP contribution in [0.3, 0.4) is 0 Å². The van der Waals surface area contributed by atoms with Gasteiger partial charge >= 0.3 is 0 Å². The fraction of sp³-hybridized carbons (Fsp3) is 1.00. The molecule has 0 bridgehead atoms. The molecule has 1 spiro atoms. The topological polar surface area (TPSA) is 19.0 Å². The zero-order valence-corrected chi connectivity index (χ0v) is 12.6. The highest BCUT2D eigenvalue weighted by Crippen LogP contribution is 2.31. The molecule has 4 nitrogen and oxygen atoms in total. The Morgan fingerprint density at radius 2 is 1.53 bits per heavy atom. The smallest absolute Gasteiger partial charge is 0.0833 e. The third-order valence-electron chi connectivity index (χ3n) is 5.38. The lowest BCUT2D eigenvalue weighted by molar-refractivity contribution is -0.144. The van der Waals surface area contributed by atoms with Crippen LogP contribution in [0.25, 0.3) is 0 Å². The second-order valence-electron chi connectivity index (χ2n) is 6.84. The third-order valence-corrected chi connectivity index (χ3v) is 5.38. The first-order valence-corrected chi connectivity index (χ1v) is 7.92. The van der Waals surface area contributed by atoms with Crippen molar-refractivity contribution in [3.63, 3.8) is 0 Å². The Balaban J connectivity index is 1.58. The molecule has 0 aromatic carbocycles. The predicted molar refractivity (Wildman–Crippen MR) is 77.5 cm³/mol. The number of morpholine rings is 1. The Hall–Kier alpha value is -0.160. The minimum absolute atomic E-state index is 0.175. The largest absolute Gasteiger partial charge is 0.372 e. The molecule has 3 rings (SSSR count). The summed E-state index contributed by atoms with van der Waals surface area (Å²) >= 11 is 0. The van der Waals surface area contributed by atoms with Crippen LogP contribution in [0, 0.1) is 0 Å². The van der Waals surface area contributed by atoms with Crippen molar-refractivity contribution in [1.29, 1.82) is 0 Å². The fourth-order valence-electron chi connectivity index (χ4n) is 3.87. The van der Waals surface area contributed by atoms with Gasteiger partial charge in [-0.2, -0.15) is 0 Å². The summed E-state index contributed by atoms with van der Waals surface area (Å²) in [7, 11) is 4.47. The molecule has 0 unspecified atom stereocenters. The molecule has 3 saturated heterocycles. The van der Waals surface area contributed by atoms with Crippen molar-refractivity contribution in [2.45, 2.75) is 37.3 Å². The van der Waals surface area contributed by atoms with Crippen molar-refractivity contribution in [1.82, 2.24) is 14.7 Å². The van der Waals surface area contributed by atoms with Gasteiger partial charge in [0.05, 0.1) is 12.2 Å². The van der Waals surface area contributed by atoms with Gasteiger partial charge in [0.15, 0.2) is 0 Å². The Bertz CT molecular complexity index is 294. The quantitative estimate of drug-likeness (QED) is 0.702. The normalized spacial score (nSPS) is 31.9. The average molecular weight is 267 g/mol. The zero-order valence-electron chi connectivity index (χ0n) is 12.6. The van der Waals surface area contributed by atoms with Gasteiger partial charge in [-0.1, -0.05) is 0 Å². The van der Waals surface area contributed by atoms with Gasteiger partial charge < -0.3 is 14.5 Å². The molecule has 0 radical (unpaired) electrons. The number of hydrogen-bond donors (Lipinski definition) is 0. The van der Waals surface area contributed by atoms with E-state index in [4.69, 9.17) is 4.74 Å². The van der Waals surface area contributed by atoms with Gasteiger partial charge in [0, 0.05) is 32.2 Å².